The summed E-state index contributed by atoms with van der Waals surface area (Å²) in [6, 6.07) is 0. The van der Waals surface area contributed by atoms with Gasteiger partial charge < -0.3 is 16.0 Å². The monoisotopic (exact) mass is 296 g/mol. The Morgan fingerprint density at radius 3 is 2.44 bits per heavy atom. The van der Waals surface area contributed by atoms with Gasteiger partial charge in [-0.2, -0.15) is 0 Å². The van der Waals surface area contributed by atoms with Gasteiger partial charge in [-0.15, -0.1) is 24.8 Å². The molecule has 0 spiro atoms. The summed E-state index contributed by atoms with van der Waals surface area (Å²) in [7, 11) is 0. The molecule has 18 heavy (non-hydrogen) atoms. The number of amides is 1. The van der Waals surface area contributed by atoms with Crippen molar-refractivity contribution in [1.29, 1.82) is 0 Å². The van der Waals surface area contributed by atoms with Gasteiger partial charge in [-0.3, -0.25) is 4.79 Å². The molecule has 0 aliphatic rings. The Bertz CT molecular complexity index is 318. The van der Waals surface area contributed by atoms with Crippen molar-refractivity contribution in [2.75, 3.05) is 6.54 Å². The second-order valence-corrected chi connectivity index (χ2v) is 3.91. The van der Waals surface area contributed by atoms with Crippen molar-refractivity contribution in [2.45, 2.75) is 33.2 Å². The zero-order valence-electron chi connectivity index (χ0n) is 10.7. The van der Waals surface area contributed by atoms with Gasteiger partial charge in [0.05, 0.1) is 12.0 Å². The Balaban J connectivity index is 0. The fourth-order valence-electron chi connectivity index (χ4n) is 1.70. The molecule has 0 fully saturated rings. The fourth-order valence-corrected chi connectivity index (χ4v) is 1.70. The third-order valence-corrected chi connectivity index (χ3v) is 3.20. The van der Waals surface area contributed by atoms with Crippen LogP contribution in [0.25, 0.3) is 0 Å². The zero-order chi connectivity index (χ0) is 12.0. The Morgan fingerprint density at radius 1 is 1.44 bits per heavy atom. The SMILES string of the molecule is CCC(CC)(CN)C(=O)NCc1ncc[nH]1.Cl.Cl. The van der Waals surface area contributed by atoms with Crippen LogP contribution in [0.5, 0.6) is 0 Å². The lowest BCUT2D eigenvalue weighted by atomic mass is 9.81. The van der Waals surface area contributed by atoms with Crippen molar-refractivity contribution in [2.24, 2.45) is 11.1 Å². The third-order valence-electron chi connectivity index (χ3n) is 3.20. The van der Waals surface area contributed by atoms with E-state index in [4.69, 9.17) is 5.73 Å². The van der Waals surface area contributed by atoms with Gasteiger partial charge in [0.2, 0.25) is 5.91 Å². The Hall–Kier alpha value is -0.780. The molecule has 0 saturated heterocycles. The number of imidazole rings is 1. The van der Waals surface area contributed by atoms with Crippen molar-refractivity contribution in [3.05, 3.63) is 18.2 Å². The average Bonchev–Trinajstić information content (AvgIpc) is 2.82. The Morgan fingerprint density at radius 2 is 2.06 bits per heavy atom. The number of hydrogen-bond acceptors (Lipinski definition) is 3. The summed E-state index contributed by atoms with van der Waals surface area (Å²) in [4.78, 5) is 19.0. The normalized spacial score (nSPS) is 10.2. The molecule has 0 bridgehead atoms. The van der Waals surface area contributed by atoms with E-state index in [1.165, 1.54) is 0 Å². The van der Waals surface area contributed by atoms with E-state index < -0.39 is 5.41 Å². The number of carbonyl (C=O) groups excluding carboxylic acids is 1. The van der Waals surface area contributed by atoms with Crippen molar-refractivity contribution in [3.8, 4) is 0 Å². The summed E-state index contributed by atoms with van der Waals surface area (Å²) in [5, 5.41) is 2.87. The standard InChI is InChI=1S/C11H20N4O.2ClH/c1-3-11(4-2,8-12)10(16)15-7-9-13-5-6-14-9;;/h5-6H,3-4,7-8,12H2,1-2H3,(H,13,14)(H,15,16);2*1H. The summed E-state index contributed by atoms with van der Waals surface area (Å²) in [5.41, 5.74) is 5.26. The van der Waals surface area contributed by atoms with Crippen molar-refractivity contribution < 1.29 is 4.79 Å². The predicted molar refractivity (Wildman–Crippen MR) is 77.0 cm³/mol. The maximum atomic E-state index is 12.0. The molecule has 0 radical (unpaired) electrons. The van der Waals surface area contributed by atoms with Gasteiger partial charge in [0.1, 0.15) is 5.82 Å². The molecule has 4 N–H and O–H groups in total. The summed E-state index contributed by atoms with van der Waals surface area (Å²) in [6.07, 6.45) is 4.91. The summed E-state index contributed by atoms with van der Waals surface area (Å²) in [6.45, 7) is 4.78. The molecule has 0 atom stereocenters. The van der Waals surface area contributed by atoms with Crippen molar-refractivity contribution >= 4 is 30.7 Å². The topological polar surface area (TPSA) is 83.8 Å². The van der Waals surface area contributed by atoms with Crippen molar-refractivity contribution in [1.82, 2.24) is 15.3 Å². The van der Waals surface area contributed by atoms with Gasteiger partial charge in [0.25, 0.3) is 0 Å². The van der Waals surface area contributed by atoms with Crippen LogP contribution in [0, 0.1) is 5.41 Å². The van der Waals surface area contributed by atoms with Crippen LogP contribution < -0.4 is 11.1 Å². The highest BCUT2D eigenvalue weighted by Gasteiger charge is 2.32. The molecular weight excluding hydrogens is 275 g/mol. The third kappa shape index (κ3) is 4.48. The molecule has 7 heteroatoms. The second-order valence-electron chi connectivity index (χ2n) is 3.91. The number of nitrogens with zero attached hydrogens (tertiary/aromatic N) is 1. The maximum Gasteiger partial charge on any atom is 0.227 e. The first kappa shape index (κ1) is 19.6. The van der Waals surface area contributed by atoms with Crippen LogP contribution in [0.3, 0.4) is 0 Å². The first-order valence-electron chi connectivity index (χ1n) is 5.65. The van der Waals surface area contributed by atoms with Crippen LogP contribution in [0.2, 0.25) is 0 Å². The van der Waals surface area contributed by atoms with Crippen LogP contribution in [0.1, 0.15) is 32.5 Å². The van der Waals surface area contributed by atoms with E-state index in [1.54, 1.807) is 12.4 Å². The van der Waals surface area contributed by atoms with Gasteiger partial charge >= 0.3 is 0 Å². The zero-order valence-corrected chi connectivity index (χ0v) is 12.4. The van der Waals surface area contributed by atoms with Gasteiger partial charge in [-0.1, -0.05) is 13.8 Å². The first-order chi connectivity index (χ1) is 7.68. The van der Waals surface area contributed by atoms with E-state index in [0.717, 1.165) is 18.7 Å². The lowest BCUT2D eigenvalue weighted by molar-refractivity contribution is -0.131. The minimum atomic E-state index is -0.438. The second kappa shape index (κ2) is 9.19. The van der Waals surface area contributed by atoms with E-state index in [9.17, 15) is 4.79 Å². The Kier molecular flexibility index (Phi) is 9.99. The molecule has 0 aliphatic carbocycles. The molecule has 1 aromatic heterocycles. The quantitative estimate of drug-likeness (QED) is 0.746. The number of aromatic amines is 1. The van der Waals surface area contributed by atoms with Crippen molar-refractivity contribution in [3.63, 3.8) is 0 Å². The molecule has 0 saturated carbocycles. The number of rotatable bonds is 6. The predicted octanol–water partition coefficient (Wildman–Crippen LogP) is 1.63. The number of H-pyrrole nitrogens is 1. The first-order valence-corrected chi connectivity index (χ1v) is 5.65. The van der Waals surface area contributed by atoms with Crippen LogP contribution in [0.15, 0.2) is 12.4 Å². The molecule has 1 amide bonds. The van der Waals surface area contributed by atoms with E-state index in [1.807, 2.05) is 13.8 Å². The minimum Gasteiger partial charge on any atom is -0.348 e. The largest absolute Gasteiger partial charge is 0.348 e. The molecular formula is C11H22Cl2N4O. The average molecular weight is 297 g/mol. The number of nitrogens with one attached hydrogen (secondary N) is 2. The van der Waals surface area contributed by atoms with E-state index in [2.05, 4.69) is 15.3 Å². The summed E-state index contributed by atoms with van der Waals surface area (Å²) >= 11 is 0. The molecule has 1 aromatic rings. The fraction of sp³-hybridized carbons (Fsp3) is 0.636. The molecule has 106 valence electrons. The molecule has 1 rings (SSSR count). The minimum absolute atomic E-state index is 0. The number of aromatic nitrogens is 2. The van der Waals surface area contributed by atoms with Gasteiger partial charge in [-0.25, -0.2) is 4.98 Å². The number of hydrogen-bond donors (Lipinski definition) is 3. The number of carbonyl (C=O) groups is 1. The summed E-state index contributed by atoms with van der Waals surface area (Å²) in [5.74, 6) is 0.767. The molecule has 5 nitrogen and oxygen atoms in total. The lowest BCUT2D eigenvalue weighted by Gasteiger charge is -2.28. The van der Waals surface area contributed by atoms with E-state index in [0.29, 0.717) is 13.1 Å². The highest BCUT2D eigenvalue weighted by atomic mass is 35.5. The maximum absolute atomic E-state index is 12.0. The highest BCUT2D eigenvalue weighted by molar-refractivity contribution is 5.85. The van der Waals surface area contributed by atoms with Crippen LogP contribution in [0.4, 0.5) is 0 Å². The summed E-state index contributed by atoms with van der Waals surface area (Å²) < 4.78 is 0. The number of halogens is 2. The van der Waals surface area contributed by atoms with Gasteiger partial charge in [0.15, 0.2) is 0 Å². The van der Waals surface area contributed by atoms with Gasteiger partial charge in [-0.05, 0) is 12.8 Å². The highest BCUT2D eigenvalue weighted by Crippen LogP contribution is 2.24. The molecule has 0 unspecified atom stereocenters. The smallest absolute Gasteiger partial charge is 0.227 e. The van der Waals surface area contributed by atoms with E-state index >= 15 is 0 Å². The lowest BCUT2D eigenvalue weighted by Crippen LogP contribution is -2.45. The van der Waals surface area contributed by atoms with Crippen LogP contribution >= 0.6 is 24.8 Å². The molecule has 0 aliphatic heterocycles. The molecule has 1 heterocycles. The van der Waals surface area contributed by atoms with Crippen LogP contribution in [-0.4, -0.2) is 22.4 Å². The molecule has 0 aromatic carbocycles. The van der Waals surface area contributed by atoms with Crippen LogP contribution in [-0.2, 0) is 11.3 Å². The van der Waals surface area contributed by atoms with E-state index in [-0.39, 0.29) is 30.7 Å². The number of nitrogens with two attached hydrogens (primary N) is 1. The Labute approximate surface area is 120 Å². The van der Waals surface area contributed by atoms with Gasteiger partial charge in [0, 0.05) is 18.9 Å².